The smallest absolute Gasteiger partial charge is 0.358 e. The molecule has 0 aromatic carbocycles. The molecule has 0 radical (unpaired) electrons. The van der Waals surface area contributed by atoms with Crippen LogP contribution in [0.4, 0.5) is 0 Å². The van der Waals surface area contributed by atoms with Crippen LogP contribution in [0.1, 0.15) is 69.1 Å². The molecule has 2 aliphatic rings. The molecule has 1 aromatic rings. The van der Waals surface area contributed by atoms with Gasteiger partial charge in [0, 0.05) is 37.0 Å². The normalized spacial score (nSPS) is 21.4. The third-order valence-corrected chi connectivity index (χ3v) is 4.70. The first-order valence-corrected chi connectivity index (χ1v) is 8.85. The summed E-state index contributed by atoms with van der Waals surface area (Å²) >= 11 is 0. The Bertz CT molecular complexity index is 640. The standard InChI is InChI=1S/C18H27N3O3/c1-5-20-10-12(8-16(20)22)11-24-17(23)14-9-15(13-6-7-13)21(19-14)18(2,3)4/h9,12-13H,5-8,10-11H2,1-4H3/t12-/m0/s1. The minimum Gasteiger partial charge on any atom is -0.461 e. The average Bonchev–Trinajstić information content (AvgIpc) is 3.14. The van der Waals surface area contributed by atoms with Crippen LogP contribution >= 0.6 is 0 Å². The molecule has 0 bridgehead atoms. The van der Waals surface area contributed by atoms with Crippen LogP contribution in [-0.2, 0) is 15.1 Å². The molecule has 1 aliphatic carbocycles. The van der Waals surface area contributed by atoms with Crippen LogP contribution < -0.4 is 0 Å². The Morgan fingerprint density at radius 1 is 1.38 bits per heavy atom. The molecule has 0 spiro atoms. The second-order valence-corrected chi connectivity index (χ2v) is 7.91. The zero-order chi connectivity index (χ0) is 17.5. The van der Waals surface area contributed by atoms with Crippen LogP contribution in [0.2, 0.25) is 0 Å². The van der Waals surface area contributed by atoms with Crippen LogP contribution in [0.3, 0.4) is 0 Å². The predicted molar refractivity (Wildman–Crippen MR) is 89.8 cm³/mol. The van der Waals surface area contributed by atoms with Gasteiger partial charge in [-0.15, -0.1) is 0 Å². The molecule has 0 unspecified atom stereocenters. The maximum absolute atomic E-state index is 12.4. The van der Waals surface area contributed by atoms with Crippen molar-refractivity contribution < 1.29 is 14.3 Å². The maximum Gasteiger partial charge on any atom is 0.358 e. The van der Waals surface area contributed by atoms with E-state index in [0.717, 1.165) is 18.5 Å². The van der Waals surface area contributed by atoms with Crippen LogP contribution in [0.15, 0.2) is 6.07 Å². The van der Waals surface area contributed by atoms with Crippen molar-refractivity contribution in [3.05, 3.63) is 17.5 Å². The van der Waals surface area contributed by atoms with Crippen molar-refractivity contribution in [1.29, 1.82) is 0 Å². The van der Waals surface area contributed by atoms with Crippen molar-refractivity contribution in [2.45, 2.75) is 58.4 Å². The second kappa shape index (κ2) is 6.22. The minimum atomic E-state index is -0.387. The quantitative estimate of drug-likeness (QED) is 0.777. The maximum atomic E-state index is 12.4. The van der Waals surface area contributed by atoms with E-state index < -0.39 is 0 Å². The molecule has 2 heterocycles. The van der Waals surface area contributed by atoms with E-state index in [-0.39, 0.29) is 29.9 Å². The van der Waals surface area contributed by atoms with Gasteiger partial charge in [-0.25, -0.2) is 4.79 Å². The van der Waals surface area contributed by atoms with Gasteiger partial charge >= 0.3 is 5.97 Å². The number of aromatic nitrogens is 2. The van der Waals surface area contributed by atoms with Gasteiger partial charge in [0.05, 0.1) is 12.1 Å². The molecular formula is C18H27N3O3. The summed E-state index contributed by atoms with van der Waals surface area (Å²) in [6.45, 7) is 9.89. The molecule has 1 aromatic heterocycles. The summed E-state index contributed by atoms with van der Waals surface area (Å²) in [6, 6.07) is 1.88. The van der Waals surface area contributed by atoms with Gasteiger partial charge in [-0.1, -0.05) is 0 Å². The van der Waals surface area contributed by atoms with E-state index in [1.807, 2.05) is 17.7 Å². The molecule has 1 aliphatic heterocycles. The molecule has 3 rings (SSSR count). The molecule has 132 valence electrons. The van der Waals surface area contributed by atoms with Gasteiger partial charge in [-0.05, 0) is 46.6 Å². The first kappa shape index (κ1) is 17.0. The van der Waals surface area contributed by atoms with Crippen molar-refractivity contribution in [2.75, 3.05) is 19.7 Å². The van der Waals surface area contributed by atoms with Gasteiger partial charge in [0.15, 0.2) is 5.69 Å². The number of hydrogen-bond donors (Lipinski definition) is 0. The Balaban J connectivity index is 1.64. The van der Waals surface area contributed by atoms with Gasteiger partial charge in [-0.2, -0.15) is 5.10 Å². The van der Waals surface area contributed by atoms with Gasteiger partial charge in [0.1, 0.15) is 0 Å². The van der Waals surface area contributed by atoms with Crippen LogP contribution in [0.5, 0.6) is 0 Å². The number of likely N-dealkylation sites (tertiary alicyclic amines) is 1. The zero-order valence-electron chi connectivity index (χ0n) is 15.0. The van der Waals surface area contributed by atoms with Crippen molar-refractivity contribution in [2.24, 2.45) is 5.92 Å². The SMILES string of the molecule is CCN1C[C@@H](COC(=O)c2cc(C3CC3)n(C(C)(C)C)n2)CC1=O. The summed E-state index contributed by atoms with van der Waals surface area (Å²) in [4.78, 5) is 25.9. The molecule has 6 nitrogen and oxygen atoms in total. The molecule has 6 heteroatoms. The van der Waals surface area contributed by atoms with Crippen LogP contribution in [0.25, 0.3) is 0 Å². The van der Waals surface area contributed by atoms with E-state index in [1.165, 1.54) is 0 Å². The first-order chi connectivity index (χ1) is 11.3. The van der Waals surface area contributed by atoms with Crippen molar-refractivity contribution >= 4 is 11.9 Å². The lowest BCUT2D eigenvalue weighted by Crippen LogP contribution is -2.26. The fourth-order valence-corrected chi connectivity index (χ4v) is 3.24. The van der Waals surface area contributed by atoms with E-state index in [4.69, 9.17) is 4.74 Å². The number of ether oxygens (including phenoxy) is 1. The largest absolute Gasteiger partial charge is 0.461 e. The summed E-state index contributed by atoms with van der Waals surface area (Å²) < 4.78 is 7.40. The molecule has 1 amide bonds. The Hall–Kier alpha value is -1.85. The molecule has 0 N–H and O–H groups in total. The molecule has 24 heavy (non-hydrogen) atoms. The van der Waals surface area contributed by atoms with Crippen molar-refractivity contribution in [3.8, 4) is 0 Å². The highest BCUT2D eigenvalue weighted by atomic mass is 16.5. The van der Waals surface area contributed by atoms with Gasteiger partial charge in [-0.3, -0.25) is 9.48 Å². The highest BCUT2D eigenvalue weighted by molar-refractivity contribution is 5.87. The average molecular weight is 333 g/mol. The summed E-state index contributed by atoms with van der Waals surface area (Å²) in [7, 11) is 0. The lowest BCUT2D eigenvalue weighted by Gasteiger charge is -2.22. The molecule has 1 saturated carbocycles. The van der Waals surface area contributed by atoms with Crippen molar-refractivity contribution in [3.63, 3.8) is 0 Å². The predicted octanol–water partition coefficient (Wildman–Crippen LogP) is 2.54. The number of amides is 1. The van der Waals surface area contributed by atoms with E-state index in [1.54, 1.807) is 4.90 Å². The fraction of sp³-hybridized carbons (Fsp3) is 0.722. The van der Waals surface area contributed by atoms with Gasteiger partial charge < -0.3 is 9.64 Å². The summed E-state index contributed by atoms with van der Waals surface area (Å²) in [5, 5.41) is 4.50. The highest BCUT2D eigenvalue weighted by Gasteiger charge is 2.33. The monoisotopic (exact) mass is 333 g/mol. The Labute approximate surface area is 143 Å². The number of rotatable bonds is 5. The van der Waals surface area contributed by atoms with E-state index in [9.17, 15) is 9.59 Å². The third-order valence-electron chi connectivity index (χ3n) is 4.70. The number of esters is 1. The first-order valence-electron chi connectivity index (χ1n) is 8.85. The van der Waals surface area contributed by atoms with Crippen LogP contribution in [-0.4, -0.2) is 46.3 Å². The Kier molecular flexibility index (Phi) is 4.40. The van der Waals surface area contributed by atoms with E-state index in [0.29, 0.717) is 31.1 Å². The Morgan fingerprint density at radius 3 is 2.62 bits per heavy atom. The minimum absolute atomic E-state index is 0.0917. The van der Waals surface area contributed by atoms with E-state index in [2.05, 4.69) is 25.9 Å². The van der Waals surface area contributed by atoms with E-state index >= 15 is 0 Å². The molecule has 1 atom stereocenters. The Morgan fingerprint density at radius 2 is 2.08 bits per heavy atom. The lowest BCUT2D eigenvalue weighted by molar-refractivity contribution is -0.127. The molecular weight excluding hydrogens is 306 g/mol. The number of carbonyl (C=O) groups is 2. The summed E-state index contributed by atoms with van der Waals surface area (Å²) in [6.07, 6.45) is 2.78. The van der Waals surface area contributed by atoms with Gasteiger partial charge in [0.25, 0.3) is 0 Å². The van der Waals surface area contributed by atoms with Crippen molar-refractivity contribution in [1.82, 2.24) is 14.7 Å². The number of nitrogens with zero attached hydrogens (tertiary/aromatic N) is 3. The molecule has 2 fully saturated rings. The zero-order valence-corrected chi connectivity index (χ0v) is 15.0. The summed E-state index contributed by atoms with van der Waals surface area (Å²) in [5.74, 6) is 0.367. The number of carbonyl (C=O) groups excluding carboxylic acids is 2. The van der Waals surface area contributed by atoms with Crippen LogP contribution in [0, 0.1) is 5.92 Å². The second-order valence-electron chi connectivity index (χ2n) is 7.91. The fourth-order valence-electron chi connectivity index (χ4n) is 3.24. The summed E-state index contributed by atoms with van der Waals surface area (Å²) in [5.41, 5.74) is 1.35. The topological polar surface area (TPSA) is 64.4 Å². The van der Waals surface area contributed by atoms with Gasteiger partial charge in [0.2, 0.25) is 5.91 Å². The highest BCUT2D eigenvalue weighted by Crippen LogP contribution is 2.41. The third kappa shape index (κ3) is 3.47. The molecule has 1 saturated heterocycles. The lowest BCUT2D eigenvalue weighted by atomic mass is 10.1. The number of hydrogen-bond acceptors (Lipinski definition) is 4.